The number of aliphatic carboxylic acids is 2. The zero-order valence-corrected chi connectivity index (χ0v) is 9.05. The molecule has 1 unspecified atom stereocenters. The first-order chi connectivity index (χ1) is 6.11. The third kappa shape index (κ3) is 2.72. The van der Waals surface area contributed by atoms with Gasteiger partial charge < -0.3 is 19.8 Å². The highest BCUT2D eigenvalue weighted by Crippen LogP contribution is 2.41. The van der Waals surface area contributed by atoms with Crippen molar-refractivity contribution in [3.05, 3.63) is 0 Å². The van der Waals surface area contributed by atoms with E-state index >= 15 is 0 Å². The first-order valence-corrected chi connectivity index (χ1v) is 4.52. The van der Waals surface area contributed by atoms with Gasteiger partial charge >= 0.3 is 0 Å². The molecule has 0 radical (unpaired) electrons. The first-order valence-electron chi connectivity index (χ1n) is 4.52. The van der Waals surface area contributed by atoms with Crippen LogP contribution in [-0.2, 0) is 9.59 Å². The molecule has 0 saturated heterocycles. The topological polar surface area (TPSA) is 80.3 Å². The molecule has 0 aliphatic rings. The van der Waals surface area contributed by atoms with Gasteiger partial charge in [-0.05, 0) is 18.3 Å². The predicted molar refractivity (Wildman–Crippen MR) is 46.8 cm³/mol. The van der Waals surface area contributed by atoms with E-state index in [1.807, 2.05) is 0 Å². The maximum atomic E-state index is 11.0. The van der Waals surface area contributed by atoms with E-state index in [4.69, 9.17) is 0 Å². The Morgan fingerprint density at radius 2 is 1.50 bits per heavy atom. The fourth-order valence-corrected chi connectivity index (χ4v) is 1.14. The average molecular weight is 200 g/mol. The van der Waals surface area contributed by atoms with Crippen LogP contribution < -0.4 is 10.2 Å². The maximum absolute atomic E-state index is 11.0. The minimum Gasteiger partial charge on any atom is -0.550 e. The van der Waals surface area contributed by atoms with Crippen molar-refractivity contribution in [2.24, 2.45) is 10.8 Å². The van der Waals surface area contributed by atoms with Gasteiger partial charge in [0.05, 0.1) is 0 Å². The SMILES string of the molecule is CC(C)(C)C(C)(CCC(=O)[O-])C(=O)[O-]. The van der Waals surface area contributed by atoms with E-state index in [0.717, 1.165) is 0 Å². The van der Waals surface area contributed by atoms with Crippen molar-refractivity contribution in [3.8, 4) is 0 Å². The summed E-state index contributed by atoms with van der Waals surface area (Å²) in [6, 6.07) is 0. The van der Waals surface area contributed by atoms with Crippen LogP contribution in [-0.4, -0.2) is 11.9 Å². The third-order valence-corrected chi connectivity index (χ3v) is 2.93. The molecule has 0 spiro atoms. The quantitative estimate of drug-likeness (QED) is 0.602. The number of carbonyl (C=O) groups excluding carboxylic acids is 2. The van der Waals surface area contributed by atoms with E-state index in [1.54, 1.807) is 20.8 Å². The van der Waals surface area contributed by atoms with Crippen molar-refractivity contribution in [1.82, 2.24) is 0 Å². The molecule has 0 saturated carbocycles. The standard InChI is InChI=1S/C10H18O4/c1-9(2,3)10(4,8(13)14)6-5-7(11)12/h5-6H2,1-4H3,(H,11,12)(H,13,14)/p-2. The van der Waals surface area contributed by atoms with Gasteiger partial charge in [-0.15, -0.1) is 0 Å². The van der Waals surface area contributed by atoms with Crippen molar-refractivity contribution in [2.45, 2.75) is 40.5 Å². The van der Waals surface area contributed by atoms with Crippen LogP contribution in [0.3, 0.4) is 0 Å². The Labute approximate surface area is 83.9 Å². The van der Waals surface area contributed by atoms with Crippen LogP contribution in [0.5, 0.6) is 0 Å². The fraction of sp³-hybridized carbons (Fsp3) is 0.800. The molecule has 0 amide bonds. The molecule has 0 fully saturated rings. The van der Waals surface area contributed by atoms with Crippen molar-refractivity contribution >= 4 is 11.9 Å². The normalized spacial score (nSPS) is 16.0. The van der Waals surface area contributed by atoms with Gasteiger partial charge in [-0.25, -0.2) is 0 Å². The molecule has 0 rings (SSSR count). The highest BCUT2D eigenvalue weighted by molar-refractivity contribution is 5.74. The van der Waals surface area contributed by atoms with Gasteiger partial charge in [-0.3, -0.25) is 0 Å². The van der Waals surface area contributed by atoms with Gasteiger partial charge in [0.25, 0.3) is 0 Å². The van der Waals surface area contributed by atoms with Crippen LogP contribution in [0.4, 0.5) is 0 Å². The van der Waals surface area contributed by atoms with Crippen LogP contribution in [0.2, 0.25) is 0 Å². The van der Waals surface area contributed by atoms with Crippen LogP contribution >= 0.6 is 0 Å². The maximum Gasteiger partial charge on any atom is 0.0478 e. The summed E-state index contributed by atoms with van der Waals surface area (Å²) in [7, 11) is 0. The van der Waals surface area contributed by atoms with Gasteiger partial charge in [0.2, 0.25) is 0 Å². The zero-order chi connectivity index (χ0) is 11.6. The monoisotopic (exact) mass is 200 g/mol. The lowest BCUT2D eigenvalue weighted by Gasteiger charge is -2.43. The van der Waals surface area contributed by atoms with Gasteiger partial charge in [0, 0.05) is 17.4 Å². The molecule has 0 bridgehead atoms. The largest absolute Gasteiger partial charge is 0.550 e. The van der Waals surface area contributed by atoms with Crippen molar-refractivity contribution in [1.29, 1.82) is 0 Å². The lowest BCUT2D eigenvalue weighted by atomic mass is 9.65. The predicted octanol–water partition coefficient (Wildman–Crippen LogP) is -0.681. The summed E-state index contributed by atoms with van der Waals surface area (Å²) in [5.74, 6) is -2.45. The number of carboxylic acids is 2. The molecule has 4 heteroatoms. The fourth-order valence-electron chi connectivity index (χ4n) is 1.14. The summed E-state index contributed by atoms with van der Waals surface area (Å²) in [6.45, 7) is 6.75. The Hall–Kier alpha value is -1.06. The minimum absolute atomic E-state index is 0.0289. The van der Waals surface area contributed by atoms with Gasteiger partial charge in [0.15, 0.2) is 0 Å². The van der Waals surface area contributed by atoms with Gasteiger partial charge in [-0.1, -0.05) is 27.7 Å². The molecule has 0 aromatic carbocycles. The summed E-state index contributed by atoms with van der Waals surface area (Å²) in [5, 5.41) is 21.2. The second-order valence-electron chi connectivity index (χ2n) is 4.74. The minimum atomic E-state index is -1.23. The summed E-state index contributed by atoms with van der Waals surface area (Å²) in [5.41, 5.74) is -1.69. The zero-order valence-electron chi connectivity index (χ0n) is 9.05. The second-order valence-corrected chi connectivity index (χ2v) is 4.74. The molecular weight excluding hydrogens is 184 g/mol. The first kappa shape index (κ1) is 12.9. The highest BCUT2D eigenvalue weighted by Gasteiger charge is 2.38. The molecule has 0 heterocycles. The lowest BCUT2D eigenvalue weighted by Crippen LogP contribution is -2.49. The number of hydrogen-bond donors (Lipinski definition) is 0. The Kier molecular flexibility index (Phi) is 3.68. The molecule has 4 nitrogen and oxygen atoms in total. The van der Waals surface area contributed by atoms with Gasteiger partial charge in [-0.2, -0.15) is 0 Å². The molecule has 0 aliphatic carbocycles. The molecule has 0 aliphatic heterocycles. The smallest absolute Gasteiger partial charge is 0.0478 e. The van der Waals surface area contributed by atoms with Gasteiger partial charge in [0.1, 0.15) is 0 Å². The number of carboxylic acid groups (broad SMARTS) is 2. The summed E-state index contributed by atoms with van der Waals surface area (Å²) in [4.78, 5) is 21.2. The molecule has 82 valence electrons. The van der Waals surface area contributed by atoms with Crippen molar-refractivity contribution in [3.63, 3.8) is 0 Å². The van der Waals surface area contributed by atoms with E-state index in [-0.39, 0.29) is 12.8 Å². The Bertz CT molecular complexity index is 239. The number of carbonyl (C=O) groups is 2. The second kappa shape index (κ2) is 3.98. The van der Waals surface area contributed by atoms with Crippen LogP contribution in [0.1, 0.15) is 40.5 Å². The van der Waals surface area contributed by atoms with Crippen LogP contribution in [0.25, 0.3) is 0 Å². The van der Waals surface area contributed by atoms with Crippen molar-refractivity contribution < 1.29 is 19.8 Å². The summed E-state index contributed by atoms with van der Waals surface area (Å²) >= 11 is 0. The molecule has 0 N–H and O–H groups in total. The Balaban J connectivity index is 4.75. The Morgan fingerprint density at radius 3 is 1.71 bits per heavy atom. The van der Waals surface area contributed by atoms with E-state index < -0.39 is 22.8 Å². The highest BCUT2D eigenvalue weighted by atomic mass is 16.4. The lowest BCUT2D eigenvalue weighted by molar-refractivity contribution is -0.325. The third-order valence-electron chi connectivity index (χ3n) is 2.93. The molecule has 14 heavy (non-hydrogen) atoms. The van der Waals surface area contributed by atoms with Crippen molar-refractivity contribution in [2.75, 3.05) is 0 Å². The molecule has 0 aromatic heterocycles. The summed E-state index contributed by atoms with van der Waals surface area (Å²) < 4.78 is 0. The van der Waals surface area contributed by atoms with E-state index in [1.165, 1.54) is 6.92 Å². The van der Waals surface area contributed by atoms with E-state index in [9.17, 15) is 19.8 Å². The van der Waals surface area contributed by atoms with E-state index in [0.29, 0.717) is 0 Å². The van der Waals surface area contributed by atoms with Crippen LogP contribution in [0, 0.1) is 10.8 Å². The average Bonchev–Trinajstić information content (AvgIpc) is 1.97. The summed E-state index contributed by atoms with van der Waals surface area (Å²) in [6.07, 6.45) is -0.233. The van der Waals surface area contributed by atoms with E-state index in [2.05, 4.69) is 0 Å². The number of hydrogen-bond acceptors (Lipinski definition) is 4. The Morgan fingerprint density at radius 1 is 1.07 bits per heavy atom. The molecule has 0 aromatic rings. The molecule has 1 atom stereocenters. The number of rotatable bonds is 4. The molecular formula is C10H16O4-2. The van der Waals surface area contributed by atoms with Crippen LogP contribution in [0.15, 0.2) is 0 Å².